The van der Waals surface area contributed by atoms with Gasteiger partial charge in [-0.25, -0.2) is 0 Å². The maximum atomic E-state index is 9.49. The molecular weight excluding hydrogens is 536 g/mol. The highest BCUT2D eigenvalue weighted by Gasteiger charge is 2.20. The lowest BCUT2D eigenvalue weighted by atomic mass is 10.1. The zero-order valence-electron chi connectivity index (χ0n) is 25.7. The molecule has 1 aromatic carbocycles. The maximum Gasteiger partial charge on any atom is 0.158 e. The Morgan fingerprint density at radius 1 is 0.829 bits per heavy atom. The molecule has 0 aliphatic rings. The highest BCUT2D eigenvalue weighted by atomic mass is 32.1. The molecule has 2 rings (SSSR count). The molecule has 2 aromatic rings. The Morgan fingerprint density at radius 2 is 1.46 bits per heavy atom. The summed E-state index contributed by atoms with van der Waals surface area (Å²) in [5.41, 5.74) is 3.81. The van der Waals surface area contributed by atoms with E-state index in [9.17, 15) is 10.5 Å². The van der Waals surface area contributed by atoms with Crippen molar-refractivity contribution >= 4 is 27.7 Å². The summed E-state index contributed by atoms with van der Waals surface area (Å²) in [6, 6.07) is 10.3. The zero-order valence-corrected chi connectivity index (χ0v) is 26.6. The number of ether oxygens (including phenoxy) is 3. The standard InChI is InChI=1S/C31H47N6O3S/c1-7-16-38-20-21-40-18-14-36(13-17-39-19-15-37(8-2,9-3)10-4)27-11-12-29(25(5)22-27)34-35-31-28(23-32)26(6)30(24-33)41-31/h11-12,22H,7-10,13-21H2,1-6H3/q+1. The molecule has 0 unspecified atom stereocenters. The third kappa shape index (κ3) is 10.5. The minimum absolute atomic E-state index is 0.406. The molecule has 9 nitrogen and oxygen atoms in total. The number of quaternary nitrogens is 1. The van der Waals surface area contributed by atoms with Gasteiger partial charge in [0.15, 0.2) is 5.00 Å². The monoisotopic (exact) mass is 583 g/mol. The number of azo groups is 1. The van der Waals surface area contributed by atoms with Crippen molar-refractivity contribution in [3.05, 3.63) is 39.8 Å². The van der Waals surface area contributed by atoms with Gasteiger partial charge in [-0.15, -0.1) is 21.6 Å². The summed E-state index contributed by atoms with van der Waals surface area (Å²) < 4.78 is 18.5. The van der Waals surface area contributed by atoms with E-state index in [1.165, 1.54) is 11.3 Å². The van der Waals surface area contributed by atoms with E-state index < -0.39 is 0 Å². The number of hydrogen-bond acceptors (Lipinski definition) is 9. The van der Waals surface area contributed by atoms with Crippen LogP contribution in [0.15, 0.2) is 28.4 Å². The Morgan fingerprint density at radius 3 is 2.02 bits per heavy atom. The smallest absolute Gasteiger partial charge is 0.158 e. The minimum atomic E-state index is 0.406. The van der Waals surface area contributed by atoms with Crippen LogP contribution < -0.4 is 4.90 Å². The van der Waals surface area contributed by atoms with Crippen LogP contribution in [-0.4, -0.2) is 83.4 Å². The van der Waals surface area contributed by atoms with Crippen molar-refractivity contribution < 1.29 is 18.7 Å². The zero-order chi connectivity index (χ0) is 30.1. The number of thiophene rings is 1. The fourth-order valence-electron chi connectivity index (χ4n) is 4.55. The number of rotatable bonds is 20. The van der Waals surface area contributed by atoms with E-state index in [-0.39, 0.29) is 0 Å². The van der Waals surface area contributed by atoms with Crippen molar-refractivity contribution in [2.24, 2.45) is 10.2 Å². The molecule has 0 saturated carbocycles. The Kier molecular flexibility index (Phi) is 15.5. The molecular formula is C31H47N6O3S+. The Hall–Kier alpha value is -2.86. The van der Waals surface area contributed by atoms with Crippen LogP contribution in [0.3, 0.4) is 0 Å². The fourth-order valence-corrected chi connectivity index (χ4v) is 5.42. The Bertz CT molecular complexity index is 1170. The minimum Gasteiger partial charge on any atom is -0.379 e. The van der Waals surface area contributed by atoms with Gasteiger partial charge in [-0.2, -0.15) is 10.5 Å². The summed E-state index contributed by atoms with van der Waals surface area (Å²) in [7, 11) is 0. The summed E-state index contributed by atoms with van der Waals surface area (Å²) in [6.45, 7) is 22.4. The third-order valence-corrected chi connectivity index (χ3v) is 8.67. The van der Waals surface area contributed by atoms with Gasteiger partial charge in [0.05, 0.1) is 63.9 Å². The topological polar surface area (TPSA) is 103 Å². The first-order valence-corrected chi connectivity index (χ1v) is 15.5. The molecule has 0 saturated heterocycles. The lowest BCUT2D eigenvalue weighted by Crippen LogP contribution is -2.49. The second-order valence-corrected chi connectivity index (χ2v) is 11.0. The first-order chi connectivity index (χ1) is 19.9. The first-order valence-electron chi connectivity index (χ1n) is 14.7. The summed E-state index contributed by atoms with van der Waals surface area (Å²) in [5, 5.41) is 28.0. The highest BCUT2D eigenvalue weighted by Crippen LogP contribution is 2.36. The normalized spacial score (nSPS) is 11.6. The first kappa shape index (κ1) is 34.3. The van der Waals surface area contributed by atoms with E-state index in [0.29, 0.717) is 47.4 Å². The molecule has 0 spiro atoms. The van der Waals surface area contributed by atoms with E-state index >= 15 is 0 Å². The van der Waals surface area contributed by atoms with Crippen LogP contribution >= 0.6 is 11.3 Å². The molecule has 0 amide bonds. The maximum absolute atomic E-state index is 9.49. The van der Waals surface area contributed by atoms with Crippen LogP contribution in [0.5, 0.6) is 0 Å². The van der Waals surface area contributed by atoms with Crippen LogP contribution in [-0.2, 0) is 14.2 Å². The third-order valence-electron chi connectivity index (χ3n) is 7.59. The van der Waals surface area contributed by atoms with Crippen LogP contribution in [0.1, 0.15) is 55.7 Å². The molecule has 10 heteroatoms. The fraction of sp³-hybridized carbons (Fsp3) is 0.613. The van der Waals surface area contributed by atoms with Crippen molar-refractivity contribution in [2.75, 3.05) is 83.8 Å². The van der Waals surface area contributed by atoms with E-state index in [1.54, 1.807) is 6.92 Å². The quantitative estimate of drug-likeness (QED) is 0.0980. The van der Waals surface area contributed by atoms with E-state index in [4.69, 9.17) is 14.2 Å². The van der Waals surface area contributed by atoms with Crippen LogP contribution in [0.4, 0.5) is 16.4 Å². The molecule has 224 valence electrons. The van der Waals surface area contributed by atoms with Gasteiger partial charge in [0.1, 0.15) is 23.6 Å². The van der Waals surface area contributed by atoms with Crippen molar-refractivity contribution in [3.63, 3.8) is 0 Å². The van der Waals surface area contributed by atoms with Crippen LogP contribution in [0.25, 0.3) is 0 Å². The average molecular weight is 584 g/mol. The summed E-state index contributed by atoms with van der Waals surface area (Å²) >= 11 is 1.19. The van der Waals surface area contributed by atoms with Gasteiger partial charge in [-0.05, 0) is 70.4 Å². The molecule has 0 radical (unpaired) electrons. The van der Waals surface area contributed by atoms with Crippen LogP contribution in [0, 0.1) is 36.5 Å². The SMILES string of the molecule is CCCOCCOCCN(CCOCC[N+](CC)(CC)CC)c1ccc(N=Nc2sc(C#N)c(C)c2C#N)c(C)c1. The lowest BCUT2D eigenvalue weighted by Gasteiger charge is -2.35. The van der Waals surface area contributed by atoms with E-state index in [2.05, 4.69) is 61.0 Å². The number of aryl methyl sites for hydroxylation is 1. The second-order valence-electron chi connectivity index (χ2n) is 9.97. The molecule has 0 bridgehead atoms. The van der Waals surface area contributed by atoms with Crippen molar-refractivity contribution in [1.29, 1.82) is 10.5 Å². The number of nitrogens with zero attached hydrogens (tertiary/aromatic N) is 6. The number of benzene rings is 1. The molecule has 0 atom stereocenters. The summed E-state index contributed by atoms with van der Waals surface area (Å²) in [5.74, 6) is 0. The van der Waals surface area contributed by atoms with Gasteiger partial charge in [0.2, 0.25) is 0 Å². The van der Waals surface area contributed by atoms with Gasteiger partial charge in [0.25, 0.3) is 0 Å². The molecule has 1 aromatic heterocycles. The predicted octanol–water partition coefficient (Wildman–Crippen LogP) is 6.67. The number of hydrogen-bond donors (Lipinski definition) is 0. The van der Waals surface area contributed by atoms with E-state index in [1.807, 2.05) is 19.1 Å². The number of anilines is 1. The molecule has 0 aliphatic heterocycles. The van der Waals surface area contributed by atoms with Crippen molar-refractivity contribution in [1.82, 2.24) is 0 Å². The van der Waals surface area contributed by atoms with Crippen molar-refractivity contribution in [3.8, 4) is 12.1 Å². The summed E-state index contributed by atoms with van der Waals surface area (Å²) in [6.07, 6.45) is 1.00. The molecule has 0 fully saturated rings. The van der Waals surface area contributed by atoms with Gasteiger partial charge < -0.3 is 23.6 Å². The van der Waals surface area contributed by atoms with Gasteiger partial charge in [-0.3, -0.25) is 0 Å². The Balaban J connectivity index is 2.08. The largest absolute Gasteiger partial charge is 0.379 e. The van der Waals surface area contributed by atoms with Gasteiger partial charge >= 0.3 is 0 Å². The predicted molar refractivity (Wildman–Crippen MR) is 166 cm³/mol. The summed E-state index contributed by atoms with van der Waals surface area (Å²) in [4.78, 5) is 2.76. The second kappa shape index (κ2) is 18.5. The van der Waals surface area contributed by atoms with Gasteiger partial charge in [0, 0.05) is 25.4 Å². The molecule has 1 heterocycles. The van der Waals surface area contributed by atoms with Crippen molar-refractivity contribution in [2.45, 2.75) is 48.0 Å². The van der Waals surface area contributed by atoms with Gasteiger partial charge in [-0.1, -0.05) is 6.92 Å². The average Bonchev–Trinajstić information content (AvgIpc) is 3.31. The lowest BCUT2D eigenvalue weighted by molar-refractivity contribution is -0.923. The Labute approximate surface area is 250 Å². The van der Waals surface area contributed by atoms with E-state index in [0.717, 1.165) is 80.3 Å². The molecule has 41 heavy (non-hydrogen) atoms. The highest BCUT2D eigenvalue weighted by molar-refractivity contribution is 7.16. The molecule has 0 aliphatic carbocycles. The number of nitriles is 2. The number of likely N-dealkylation sites (N-methyl/N-ethyl adjacent to an activating group) is 1. The molecule has 0 N–H and O–H groups in total. The van der Waals surface area contributed by atoms with Crippen LogP contribution in [0.2, 0.25) is 0 Å².